The lowest BCUT2D eigenvalue weighted by molar-refractivity contribution is 0.0969. The summed E-state index contributed by atoms with van der Waals surface area (Å²) in [6, 6.07) is 9.81. The van der Waals surface area contributed by atoms with Gasteiger partial charge in [-0.3, -0.25) is 19.3 Å². The van der Waals surface area contributed by atoms with Crippen LogP contribution in [0.2, 0.25) is 0 Å². The number of carbonyl (C=O) groups is 2. The Morgan fingerprint density at radius 1 is 1.05 bits per heavy atom. The summed E-state index contributed by atoms with van der Waals surface area (Å²) in [5.41, 5.74) is 2.34. The van der Waals surface area contributed by atoms with Gasteiger partial charge in [-0.15, -0.1) is 0 Å². The lowest BCUT2D eigenvalue weighted by Gasteiger charge is -2.23. The van der Waals surface area contributed by atoms with Crippen LogP contribution in [0.4, 0.5) is 5.13 Å². The van der Waals surface area contributed by atoms with Crippen LogP contribution in [0.25, 0.3) is 11.0 Å². The van der Waals surface area contributed by atoms with E-state index in [1.807, 2.05) is 26.8 Å². The van der Waals surface area contributed by atoms with Crippen molar-refractivity contribution in [2.45, 2.75) is 40.7 Å². The largest absolute Gasteiger partial charge is 0.490 e. The van der Waals surface area contributed by atoms with Gasteiger partial charge in [-0.05, 0) is 57.5 Å². The Bertz CT molecular complexity index is 1620. The van der Waals surface area contributed by atoms with E-state index in [1.165, 1.54) is 11.8 Å². The highest BCUT2D eigenvalue weighted by molar-refractivity contribution is 7.17. The molecule has 0 aliphatic carbocycles. The minimum Gasteiger partial charge on any atom is -0.490 e. The van der Waals surface area contributed by atoms with Crippen molar-refractivity contribution in [2.75, 3.05) is 18.1 Å². The maximum Gasteiger partial charge on any atom is 0.297 e. The second kappa shape index (κ2) is 9.48. The van der Waals surface area contributed by atoms with Gasteiger partial charge in [0.1, 0.15) is 5.58 Å². The van der Waals surface area contributed by atoms with Crippen molar-refractivity contribution >= 4 is 39.1 Å². The number of thiazole rings is 1. The fourth-order valence-corrected chi connectivity index (χ4v) is 5.64. The van der Waals surface area contributed by atoms with Gasteiger partial charge in [0.25, 0.3) is 5.91 Å². The molecule has 1 aliphatic rings. The standard InChI is InChI=1S/C28H26N2O6S/c1-6-34-20-11-9-17(13-21(20)35-7-2)23-22-24(32)18-12-14(3)8-10-19(18)36-25(22)27(33)30(23)28-29-15(4)26(37-28)16(5)31/h8-13,23H,6-7H2,1-5H3. The van der Waals surface area contributed by atoms with Crippen LogP contribution in [0.1, 0.15) is 69.4 Å². The minimum atomic E-state index is -0.830. The predicted molar refractivity (Wildman–Crippen MR) is 142 cm³/mol. The third kappa shape index (κ3) is 4.09. The summed E-state index contributed by atoms with van der Waals surface area (Å²) in [4.78, 5) is 46.3. The molecule has 0 fully saturated rings. The van der Waals surface area contributed by atoms with Gasteiger partial charge in [0.05, 0.1) is 40.8 Å². The number of Topliss-reactive ketones (excluding diaryl/α,β-unsaturated/α-hetero) is 1. The summed E-state index contributed by atoms with van der Waals surface area (Å²) in [5.74, 6) is 0.403. The van der Waals surface area contributed by atoms with Crippen LogP contribution < -0.4 is 19.8 Å². The molecule has 0 saturated carbocycles. The smallest absolute Gasteiger partial charge is 0.297 e. The van der Waals surface area contributed by atoms with E-state index < -0.39 is 11.9 Å². The van der Waals surface area contributed by atoms with Gasteiger partial charge in [-0.2, -0.15) is 0 Å². The van der Waals surface area contributed by atoms with Crippen LogP contribution in [-0.4, -0.2) is 29.9 Å². The number of rotatable bonds is 7. The number of fused-ring (bicyclic) bond motifs is 2. The molecule has 9 heteroatoms. The van der Waals surface area contributed by atoms with Crippen molar-refractivity contribution < 1.29 is 23.5 Å². The van der Waals surface area contributed by atoms with Crippen LogP contribution in [0.15, 0.2) is 45.6 Å². The molecule has 190 valence electrons. The minimum absolute atomic E-state index is 0.0320. The molecule has 5 rings (SSSR count). The average Bonchev–Trinajstić information content (AvgIpc) is 3.38. The van der Waals surface area contributed by atoms with E-state index in [-0.39, 0.29) is 22.5 Å². The third-order valence-corrected chi connectivity index (χ3v) is 7.48. The van der Waals surface area contributed by atoms with Gasteiger partial charge in [-0.1, -0.05) is 29.0 Å². The van der Waals surface area contributed by atoms with Crippen molar-refractivity contribution in [3.63, 3.8) is 0 Å². The molecular formula is C28H26N2O6S. The van der Waals surface area contributed by atoms with E-state index in [1.54, 1.807) is 37.3 Å². The highest BCUT2D eigenvalue weighted by Gasteiger charge is 2.45. The molecule has 0 bridgehead atoms. The lowest BCUT2D eigenvalue weighted by atomic mass is 9.98. The molecule has 2 aromatic carbocycles. The fraction of sp³-hybridized carbons (Fsp3) is 0.286. The fourth-order valence-electron chi connectivity index (χ4n) is 4.65. The van der Waals surface area contributed by atoms with E-state index in [0.717, 1.165) is 16.9 Å². The van der Waals surface area contributed by atoms with Gasteiger partial charge < -0.3 is 13.9 Å². The number of hydrogen-bond acceptors (Lipinski definition) is 8. The van der Waals surface area contributed by atoms with E-state index in [0.29, 0.717) is 56.9 Å². The molecule has 0 spiro atoms. The first-order valence-electron chi connectivity index (χ1n) is 12.0. The van der Waals surface area contributed by atoms with Gasteiger partial charge in [0.15, 0.2) is 27.8 Å². The molecular weight excluding hydrogens is 492 g/mol. The summed E-state index contributed by atoms with van der Waals surface area (Å²) in [5, 5.41) is 0.713. The molecule has 1 unspecified atom stereocenters. The van der Waals surface area contributed by atoms with E-state index in [4.69, 9.17) is 13.9 Å². The maximum atomic E-state index is 13.9. The molecule has 1 atom stereocenters. The predicted octanol–water partition coefficient (Wildman–Crippen LogP) is 5.62. The summed E-state index contributed by atoms with van der Waals surface area (Å²) < 4.78 is 17.6. The number of carbonyl (C=O) groups excluding carboxylic acids is 2. The van der Waals surface area contributed by atoms with Gasteiger partial charge in [0, 0.05) is 6.92 Å². The first-order valence-corrected chi connectivity index (χ1v) is 12.9. The van der Waals surface area contributed by atoms with Crippen molar-refractivity contribution in [3.05, 3.63) is 79.6 Å². The number of anilines is 1. The zero-order chi connectivity index (χ0) is 26.4. The van der Waals surface area contributed by atoms with E-state index in [2.05, 4.69) is 4.98 Å². The van der Waals surface area contributed by atoms with Crippen molar-refractivity contribution in [3.8, 4) is 11.5 Å². The molecule has 1 aliphatic heterocycles. The number of benzene rings is 2. The summed E-state index contributed by atoms with van der Waals surface area (Å²) in [6.45, 7) is 9.70. The Balaban J connectivity index is 1.79. The molecule has 0 radical (unpaired) electrons. The van der Waals surface area contributed by atoms with E-state index in [9.17, 15) is 14.4 Å². The van der Waals surface area contributed by atoms with E-state index >= 15 is 0 Å². The van der Waals surface area contributed by atoms with Crippen LogP contribution in [0.3, 0.4) is 0 Å². The van der Waals surface area contributed by atoms with Crippen molar-refractivity contribution in [2.24, 2.45) is 0 Å². The normalized spacial score (nSPS) is 14.8. The second-order valence-electron chi connectivity index (χ2n) is 8.79. The first-order chi connectivity index (χ1) is 17.7. The monoisotopic (exact) mass is 518 g/mol. The number of aromatic nitrogens is 1. The molecule has 0 saturated heterocycles. The van der Waals surface area contributed by atoms with Gasteiger partial charge >= 0.3 is 0 Å². The number of amides is 1. The average molecular weight is 519 g/mol. The molecule has 0 N–H and O–H groups in total. The SMILES string of the molecule is CCOc1ccc(C2c3c(oc4ccc(C)cc4c3=O)C(=O)N2c2nc(C)c(C(C)=O)s2)cc1OCC. The van der Waals surface area contributed by atoms with Crippen LogP contribution in [-0.2, 0) is 0 Å². The zero-order valence-electron chi connectivity index (χ0n) is 21.2. The number of nitrogens with zero attached hydrogens (tertiary/aromatic N) is 2. The molecule has 37 heavy (non-hydrogen) atoms. The van der Waals surface area contributed by atoms with Crippen molar-refractivity contribution in [1.82, 2.24) is 4.98 Å². The number of aryl methyl sites for hydroxylation is 2. The lowest BCUT2D eigenvalue weighted by Crippen LogP contribution is -2.29. The summed E-state index contributed by atoms with van der Waals surface area (Å²) >= 11 is 1.12. The topological polar surface area (TPSA) is 98.9 Å². The quantitative estimate of drug-likeness (QED) is 0.293. The van der Waals surface area contributed by atoms with Crippen LogP contribution >= 0.6 is 11.3 Å². The van der Waals surface area contributed by atoms with Gasteiger partial charge in [0.2, 0.25) is 5.76 Å². The summed E-state index contributed by atoms with van der Waals surface area (Å²) in [7, 11) is 0. The molecule has 3 heterocycles. The Morgan fingerprint density at radius 2 is 1.78 bits per heavy atom. The van der Waals surface area contributed by atoms with Crippen LogP contribution in [0.5, 0.6) is 11.5 Å². The molecule has 1 amide bonds. The van der Waals surface area contributed by atoms with Gasteiger partial charge in [-0.25, -0.2) is 4.98 Å². The number of ketones is 1. The Labute approximate surface area is 217 Å². The highest BCUT2D eigenvalue weighted by atomic mass is 32.1. The van der Waals surface area contributed by atoms with Crippen LogP contribution in [0, 0.1) is 13.8 Å². The van der Waals surface area contributed by atoms with Crippen molar-refractivity contribution in [1.29, 1.82) is 0 Å². The number of hydrogen-bond donors (Lipinski definition) is 0. The Hall–Kier alpha value is -3.98. The summed E-state index contributed by atoms with van der Waals surface area (Å²) in [6.07, 6.45) is 0. The third-order valence-electron chi connectivity index (χ3n) is 6.22. The first kappa shape index (κ1) is 24.7. The molecule has 4 aromatic rings. The Kier molecular flexibility index (Phi) is 6.33. The Morgan fingerprint density at radius 3 is 2.46 bits per heavy atom. The molecule has 8 nitrogen and oxygen atoms in total. The second-order valence-corrected chi connectivity index (χ2v) is 9.77. The highest BCUT2D eigenvalue weighted by Crippen LogP contribution is 2.44. The zero-order valence-corrected chi connectivity index (χ0v) is 22.0. The number of ether oxygens (including phenoxy) is 2. The molecule has 2 aromatic heterocycles. The maximum absolute atomic E-state index is 13.9.